The fraction of sp³-hybridized carbons (Fsp3) is 0.933. The van der Waals surface area contributed by atoms with E-state index in [2.05, 4.69) is 27.7 Å². The van der Waals surface area contributed by atoms with E-state index >= 15 is 0 Å². The molecule has 17 heavy (non-hydrogen) atoms. The third-order valence-electron chi connectivity index (χ3n) is 3.34. The number of amides is 1. The quantitative estimate of drug-likeness (QED) is 0.553. The van der Waals surface area contributed by atoms with Crippen molar-refractivity contribution in [1.82, 2.24) is 4.90 Å². The molecule has 0 aliphatic heterocycles. The lowest BCUT2D eigenvalue weighted by atomic mass is 10.0. The van der Waals surface area contributed by atoms with Crippen molar-refractivity contribution in [2.45, 2.75) is 78.7 Å². The maximum Gasteiger partial charge on any atom is 0.222 e. The molecule has 2 nitrogen and oxygen atoms in total. The Hall–Kier alpha value is -0.530. The van der Waals surface area contributed by atoms with Gasteiger partial charge in [0.1, 0.15) is 0 Å². The SMILES string of the molecule is CC(C)CCCCCCCC(=O)N(C)C(C)C. The second-order valence-corrected chi connectivity index (χ2v) is 5.80. The monoisotopic (exact) mass is 241 g/mol. The van der Waals surface area contributed by atoms with Crippen molar-refractivity contribution < 1.29 is 4.79 Å². The van der Waals surface area contributed by atoms with Gasteiger partial charge in [-0.1, -0.05) is 46.0 Å². The molecule has 102 valence electrons. The predicted molar refractivity (Wildman–Crippen MR) is 75.1 cm³/mol. The highest BCUT2D eigenvalue weighted by Gasteiger charge is 2.10. The summed E-state index contributed by atoms with van der Waals surface area (Å²) in [5, 5.41) is 0. The molecule has 0 N–H and O–H groups in total. The summed E-state index contributed by atoms with van der Waals surface area (Å²) in [5.74, 6) is 1.12. The zero-order valence-electron chi connectivity index (χ0n) is 12.5. The zero-order valence-corrected chi connectivity index (χ0v) is 12.5. The third kappa shape index (κ3) is 9.20. The maximum atomic E-state index is 11.7. The van der Waals surface area contributed by atoms with Gasteiger partial charge in [0, 0.05) is 19.5 Å². The predicted octanol–water partition coefficient (Wildman–Crippen LogP) is 4.24. The number of unbranched alkanes of at least 4 members (excludes halogenated alkanes) is 4. The van der Waals surface area contributed by atoms with E-state index in [1.165, 1.54) is 32.1 Å². The van der Waals surface area contributed by atoms with E-state index in [-0.39, 0.29) is 0 Å². The van der Waals surface area contributed by atoms with Crippen LogP contribution in [-0.4, -0.2) is 23.9 Å². The van der Waals surface area contributed by atoms with Crippen molar-refractivity contribution in [2.75, 3.05) is 7.05 Å². The molecule has 0 saturated heterocycles. The summed E-state index contributed by atoms with van der Waals surface area (Å²) in [6.07, 6.45) is 8.27. The molecule has 0 aromatic rings. The van der Waals surface area contributed by atoms with Crippen molar-refractivity contribution in [2.24, 2.45) is 5.92 Å². The van der Waals surface area contributed by atoms with Gasteiger partial charge in [-0.3, -0.25) is 4.79 Å². The van der Waals surface area contributed by atoms with Crippen molar-refractivity contribution in [3.05, 3.63) is 0 Å². The van der Waals surface area contributed by atoms with Crippen LogP contribution >= 0.6 is 0 Å². The second-order valence-electron chi connectivity index (χ2n) is 5.80. The molecule has 0 saturated carbocycles. The fourth-order valence-electron chi connectivity index (χ4n) is 1.82. The van der Waals surface area contributed by atoms with E-state index in [9.17, 15) is 4.79 Å². The second kappa shape index (κ2) is 9.49. The van der Waals surface area contributed by atoms with Gasteiger partial charge in [-0.15, -0.1) is 0 Å². The van der Waals surface area contributed by atoms with E-state index < -0.39 is 0 Å². The van der Waals surface area contributed by atoms with Crippen LogP contribution in [0.2, 0.25) is 0 Å². The Morgan fingerprint density at radius 3 is 2.00 bits per heavy atom. The van der Waals surface area contributed by atoms with Gasteiger partial charge in [0.2, 0.25) is 5.91 Å². The lowest BCUT2D eigenvalue weighted by Gasteiger charge is -2.21. The Labute approximate surface area is 108 Å². The van der Waals surface area contributed by atoms with E-state index in [1.54, 1.807) is 0 Å². The van der Waals surface area contributed by atoms with Crippen LogP contribution in [0, 0.1) is 5.92 Å². The van der Waals surface area contributed by atoms with E-state index in [1.807, 2.05) is 11.9 Å². The van der Waals surface area contributed by atoms with Crippen LogP contribution in [-0.2, 0) is 4.79 Å². The van der Waals surface area contributed by atoms with Crippen molar-refractivity contribution in [3.63, 3.8) is 0 Å². The summed E-state index contributed by atoms with van der Waals surface area (Å²) in [6, 6.07) is 0.327. The molecule has 0 heterocycles. The summed E-state index contributed by atoms with van der Waals surface area (Å²) in [6.45, 7) is 8.68. The number of nitrogens with zero attached hydrogens (tertiary/aromatic N) is 1. The maximum absolute atomic E-state index is 11.7. The van der Waals surface area contributed by atoms with Gasteiger partial charge >= 0.3 is 0 Å². The average Bonchev–Trinajstić information content (AvgIpc) is 2.25. The first-order valence-electron chi connectivity index (χ1n) is 7.20. The molecule has 0 aliphatic rings. The highest BCUT2D eigenvalue weighted by Crippen LogP contribution is 2.12. The van der Waals surface area contributed by atoms with Crippen LogP contribution in [0.3, 0.4) is 0 Å². The van der Waals surface area contributed by atoms with Crippen LogP contribution in [0.15, 0.2) is 0 Å². The topological polar surface area (TPSA) is 20.3 Å². The Bertz CT molecular complexity index is 199. The van der Waals surface area contributed by atoms with Crippen molar-refractivity contribution in [3.8, 4) is 0 Å². The molecular weight excluding hydrogens is 210 g/mol. The Balaban J connectivity index is 3.37. The molecule has 2 heteroatoms. The molecule has 0 rings (SSSR count). The van der Waals surface area contributed by atoms with E-state index in [0.717, 1.165) is 18.8 Å². The minimum atomic E-state index is 0.294. The Kier molecular flexibility index (Phi) is 9.20. The van der Waals surface area contributed by atoms with E-state index in [4.69, 9.17) is 0 Å². The van der Waals surface area contributed by atoms with Gasteiger partial charge in [-0.25, -0.2) is 0 Å². The summed E-state index contributed by atoms with van der Waals surface area (Å²) in [7, 11) is 1.90. The lowest BCUT2D eigenvalue weighted by Crippen LogP contribution is -2.32. The molecule has 0 atom stereocenters. The first-order valence-corrected chi connectivity index (χ1v) is 7.20. The highest BCUT2D eigenvalue weighted by atomic mass is 16.2. The Morgan fingerprint density at radius 2 is 1.47 bits per heavy atom. The van der Waals surface area contributed by atoms with Crippen LogP contribution in [0.1, 0.15) is 72.6 Å². The van der Waals surface area contributed by atoms with Gasteiger partial charge in [0.05, 0.1) is 0 Å². The molecule has 0 aliphatic carbocycles. The zero-order chi connectivity index (χ0) is 13.3. The van der Waals surface area contributed by atoms with Gasteiger partial charge < -0.3 is 4.90 Å². The standard InChI is InChI=1S/C15H31NO/c1-13(2)11-9-7-6-8-10-12-15(17)16(5)14(3)4/h13-14H,6-12H2,1-5H3. The first kappa shape index (κ1) is 16.5. The molecule has 0 spiro atoms. The van der Waals surface area contributed by atoms with E-state index in [0.29, 0.717) is 11.9 Å². The van der Waals surface area contributed by atoms with Gasteiger partial charge in [-0.2, -0.15) is 0 Å². The summed E-state index contributed by atoms with van der Waals surface area (Å²) in [4.78, 5) is 13.5. The lowest BCUT2D eigenvalue weighted by molar-refractivity contribution is -0.131. The van der Waals surface area contributed by atoms with Gasteiger partial charge in [0.15, 0.2) is 0 Å². The molecule has 0 bridgehead atoms. The van der Waals surface area contributed by atoms with Crippen LogP contribution in [0.5, 0.6) is 0 Å². The molecule has 0 radical (unpaired) electrons. The smallest absolute Gasteiger partial charge is 0.222 e. The minimum absolute atomic E-state index is 0.294. The largest absolute Gasteiger partial charge is 0.343 e. The van der Waals surface area contributed by atoms with Crippen molar-refractivity contribution >= 4 is 5.91 Å². The van der Waals surface area contributed by atoms with Gasteiger partial charge in [0.25, 0.3) is 0 Å². The normalized spacial score (nSPS) is 11.2. The number of hydrogen-bond donors (Lipinski definition) is 0. The van der Waals surface area contributed by atoms with Gasteiger partial charge in [-0.05, 0) is 26.2 Å². The third-order valence-corrected chi connectivity index (χ3v) is 3.34. The number of rotatable bonds is 9. The van der Waals surface area contributed by atoms with Crippen LogP contribution < -0.4 is 0 Å². The highest BCUT2D eigenvalue weighted by molar-refractivity contribution is 5.76. The number of carbonyl (C=O) groups is 1. The first-order chi connectivity index (χ1) is 7.95. The minimum Gasteiger partial charge on any atom is -0.343 e. The number of hydrogen-bond acceptors (Lipinski definition) is 1. The molecule has 0 unspecified atom stereocenters. The van der Waals surface area contributed by atoms with Crippen LogP contribution in [0.25, 0.3) is 0 Å². The average molecular weight is 241 g/mol. The summed E-state index contributed by atoms with van der Waals surface area (Å²) >= 11 is 0. The summed E-state index contributed by atoms with van der Waals surface area (Å²) < 4.78 is 0. The molecule has 0 aromatic carbocycles. The van der Waals surface area contributed by atoms with Crippen LogP contribution in [0.4, 0.5) is 0 Å². The summed E-state index contributed by atoms with van der Waals surface area (Å²) in [5.41, 5.74) is 0. The molecular formula is C15H31NO. The molecule has 0 fully saturated rings. The van der Waals surface area contributed by atoms with Crippen molar-refractivity contribution in [1.29, 1.82) is 0 Å². The Morgan fingerprint density at radius 1 is 0.941 bits per heavy atom. The molecule has 0 aromatic heterocycles. The number of carbonyl (C=O) groups excluding carboxylic acids is 1. The fourth-order valence-corrected chi connectivity index (χ4v) is 1.82. The molecule has 1 amide bonds.